The second-order valence-electron chi connectivity index (χ2n) is 8.29. The van der Waals surface area contributed by atoms with E-state index in [1.165, 1.54) is 0 Å². The van der Waals surface area contributed by atoms with Crippen LogP contribution >= 0.6 is 0 Å². The molecule has 0 spiro atoms. The van der Waals surface area contributed by atoms with Crippen molar-refractivity contribution in [3.8, 4) is 23.5 Å². The zero-order valence-corrected chi connectivity index (χ0v) is 18.2. The monoisotopic (exact) mass is 408 g/mol. The smallest absolute Gasteiger partial charge is 0.408 e. The van der Waals surface area contributed by atoms with E-state index < -0.39 is 5.60 Å². The summed E-state index contributed by atoms with van der Waals surface area (Å²) in [6.07, 6.45) is 4.11. The van der Waals surface area contributed by atoms with E-state index >= 15 is 0 Å². The van der Waals surface area contributed by atoms with Crippen LogP contribution in [-0.4, -0.2) is 30.9 Å². The van der Waals surface area contributed by atoms with Gasteiger partial charge in [-0.05, 0) is 63.8 Å². The van der Waals surface area contributed by atoms with Crippen LogP contribution in [0.5, 0.6) is 11.6 Å². The number of amides is 1. The van der Waals surface area contributed by atoms with Crippen LogP contribution in [0.4, 0.5) is 4.79 Å². The minimum absolute atomic E-state index is 0.365. The summed E-state index contributed by atoms with van der Waals surface area (Å²) in [5, 5.41) is 3.07. The Labute approximate surface area is 177 Å². The lowest BCUT2D eigenvalue weighted by molar-refractivity contribution is 0.0377. The first-order chi connectivity index (χ1) is 14.3. The molecule has 6 heteroatoms. The fourth-order valence-electron chi connectivity index (χ4n) is 3.40. The lowest BCUT2D eigenvalue weighted by Crippen LogP contribution is -2.52. The Morgan fingerprint density at radius 2 is 1.77 bits per heavy atom. The van der Waals surface area contributed by atoms with E-state index in [0.717, 1.165) is 30.4 Å². The Hall–Kier alpha value is -3.20. The highest BCUT2D eigenvalue weighted by Gasteiger charge is 2.41. The van der Waals surface area contributed by atoms with Gasteiger partial charge in [-0.1, -0.05) is 24.0 Å². The van der Waals surface area contributed by atoms with Gasteiger partial charge < -0.3 is 19.5 Å². The predicted octanol–water partition coefficient (Wildman–Crippen LogP) is 4.40. The Balaban J connectivity index is 1.77. The number of nitrogens with one attached hydrogen (secondary N) is 1. The summed E-state index contributed by atoms with van der Waals surface area (Å²) in [5.74, 6) is 7.18. The van der Waals surface area contributed by atoms with Gasteiger partial charge in [-0.15, -0.1) is 0 Å². The van der Waals surface area contributed by atoms with Crippen molar-refractivity contribution in [1.82, 2.24) is 10.3 Å². The third-order valence-corrected chi connectivity index (χ3v) is 5.00. The van der Waals surface area contributed by atoms with Gasteiger partial charge in [0.05, 0.1) is 25.3 Å². The Morgan fingerprint density at radius 1 is 1.07 bits per heavy atom. The molecule has 2 aromatic rings. The molecule has 158 valence electrons. The van der Waals surface area contributed by atoms with E-state index in [0.29, 0.717) is 17.2 Å². The quantitative estimate of drug-likeness (QED) is 0.760. The molecule has 1 N–H and O–H groups in total. The Morgan fingerprint density at radius 3 is 2.30 bits per heavy atom. The van der Waals surface area contributed by atoms with Crippen LogP contribution in [0.1, 0.15) is 56.7 Å². The number of rotatable bonds is 4. The SMILES string of the molecule is COc1nccc(C#Cc2ccc(C3(NC(=O)OC(C)(C)C)CCC3)cc2)c1OC. The van der Waals surface area contributed by atoms with Gasteiger partial charge >= 0.3 is 6.09 Å². The molecule has 6 nitrogen and oxygen atoms in total. The molecule has 0 aliphatic heterocycles. The lowest BCUT2D eigenvalue weighted by atomic mass is 9.72. The van der Waals surface area contributed by atoms with Crippen molar-refractivity contribution in [3.63, 3.8) is 0 Å². The first kappa shape index (κ1) is 21.5. The van der Waals surface area contributed by atoms with Crippen molar-refractivity contribution in [2.75, 3.05) is 14.2 Å². The maximum absolute atomic E-state index is 12.3. The molecule has 1 amide bonds. The summed E-state index contributed by atoms with van der Waals surface area (Å²) in [7, 11) is 3.11. The number of benzene rings is 1. The van der Waals surface area contributed by atoms with Gasteiger partial charge in [-0.3, -0.25) is 0 Å². The number of alkyl carbamates (subject to hydrolysis) is 1. The summed E-state index contributed by atoms with van der Waals surface area (Å²) in [6.45, 7) is 5.59. The van der Waals surface area contributed by atoms with Crippen molar-refractivity contribution < 1.29 is 19.0 Å². The summed E-state index contributed by atoms with van der Waals surface area (Å²) >= 11 is 0. The summed E-state index contributed by atoms with van der Waals surface area (Å²) < 4.78 is 16.0. The van der Waals surface area contributed by atoms with E-state index in [1.807, 2.05) is 45.0 Å². The van der Waals surface area contributed by atoms with Crippen molar-refractivity contribution in [1.29, 1.82) is 0 Å². The van der Waals surface area contributed by atoms with Crippen LogP contribution in [0.25, 0.3) is 0 Å². The van der Waals surface area contributed by atoms with Gasteiger partial charge in [-0.2, -0.15) is 0 Å². The average Bonchev–Trinajstić information content (AvgIpc) is 2.67. The zero-order chi connectivity index (χ0) is 21.8. The third kappa shape index (κ3) is 4.85. The highest BCUT2D eigenvalue weighted by molar-refractivity contribution is 5.69. The number of carbonyl (C=O) groups is 1. The zero-order valence-electron chi connectivity index (χ0n) is 18.2. The van der Waals surface area contributed by atoms with Crippen LogP contribution in [0.3, 0.4) is 0 Å². The van der Waals surface area contributed by atoms with Crippen LogP contribution in [0, 0.1) is 11.8 Å². The number of methoxy groups -OCH3 is 2. The van der Waals surface area contributed by atoms with E-state index in [-0.39, 0.29) is 11.6 Å². The van der Waals surface area contributed by atoms with Crippen molar-refractivity contribution in [3.05, 3.63) is 53.2 Å². The second-order valence-corrected chi connectivity index (χ2v) is 8.29. The minimum Gasteiger partial charge on any atom is -0.490 e. The number of ether oxygens (including phenoxy) is 3. The largest absolute Gasteiger partial charge is 0.490 e. The van der Waals surface area contributed by atoms with Crippen LogP contribution in [-0.2, 0) is 10.3 Å². The molecule has 1 aliphatic rings. The molecular weight excluding hydrogens is 380 g/mol. The van der Waals surface area contributed by atoms with Crippen LogP contribution in [0.15, 0.2) is 36.5 Å². The number of nitrogens with zero attached hydrogens (tertiary/aromatic N) is 1. The van der Waals surface area contributed by atoms with Gasteiger partial charge in [0, 0.05) is 11.8 Å². The normalized spacial score (nSPS) is 14.6. The van der Waals surface area contributed by atoms with E-state index in [9.17, 15) is 4.79 Å². The standard InChI is InChI=1S/C24H28N2O4/c1-23(2,3)30-22(27)26-24(14-6-15-24)19-11-8-17(9-12-19)7-10-18-13-16-25-21(29-5)20(18)28-4/h8-9,11-13,16H,6,14-15H2,1-5H3,(H,26,27). The molecule has 1 fully saturated rings. The van der Waals surface area contributed by atoms with Crippen molar-refractivity contribution in [2.24, 2.45) is 0 Å². The fraction of sp³-hybridized carbons (Fsp3) is 0.417. The number of carbonyl (C=O) groups excluding carboxylic acids is 1. The van der Waals surface area contributed by atoms with Gasteiger partial charge in [0.15, 0.2) is 5.75 Å². The first-order valence-corrected chi connectivity index (χ1v) is 9.97. The van der Waals surface area contributed by atoms with E-state index in [2.05, 4.69) is 22.1 Å². The maximum atomic E-state index is 12.3. The third-order valence-electron chi connectivity index (χ3n) is 5.00. The number of aromatic nitrogens is 1. The van der Waals surface area contributed by atoms with Gasteiger partial charge in [-0.25, -0.2) is 9.78 Å². The number of hydrogen-bond donors (Lipinski definition) is 1. The molecule has 3 rings (SSSR count). The van der Waals surface area contributed by atoms with Gasteiger partial charge in [0.25, 0.3) is 5.88 Å². The Kier molecular flexibility index (Phi) is 6.21. The van der Waals surface area contributed by atoms with Crippen molar-refractivity contribution in [2.45, 2.75) is 51.2 Å². The molecule has 30 heavy (non-hydrogen) atoms. The number of pyridine rings is 1. The molecule has 1 saturated carbocycles. The van der Waals surface area contributed by atoms with Crippen LogP contribution in [0.2, 0.25) is 0 Å². The molecule has 1 aromatic carbocycles. The lowest BCUT2D eigenvalue weighted by Gasteiger charge is -2.43. The van der Waals surface area contributed by atoms with Crippen molar-refractivity contribution >= 4 is 6.09 Å². The molecular formula is C24H28N2O4. The maximum Gasteiger partial charge on any atom is 0.408 e. The highest BCUT2D eigenvalue weighted by atomic mass is 16.6. The molecule has 1 heterocycles. The minimum atomic E-state index is -0.523. The second kappa shape index (κ2) is 8.66. The predicted molar refractivity (Wildman–Crippen MR) is 115 cm³/mol. The van der Waals surface area contributed by atoms with Gasteiger partial charge in [0.1, 0.15) is 5.60 Å². The molecule has 0 unspecified atom stereocenters. The topological polar surface area (TPSA) is 69.7 Å². The average molecular weight is 408 g/mol. The van der Waals surface area contributed by atoms with E-state index in [1.54, 1.807) is 26.5 Å². The summed E-state index contributed by atoms with van der Waals surface area (Å²) in [5.41, 5.74) is 1.74. The molecule has 0 atom stereocenters. The highest BCUT2D eigenvalue weighted by Crippen LogP contribution is 2.41. The first-order valence-electron chi connectivity index (χ1n) is 9.97. The molecule has 1 aromatic heterocycles. The fourth-order valence-corrected chi connectivity index (χ4v) is 3.40. The van der Waals surface area contributed by atoms with Gasteiger partial charge in [0.2, 0.25) is 0 Å². The summed E-state index contributed by atoms with van der Waals surface area (Å²) in [6, 6.07) is 9.75. The number of hydrogen-bond acceptors (Lipinski definition) is 5. The molecule has 0 saturated heterocycles. The Bertz CT molecular complexity index is 961. The molecule has 0 radical (unpaired) electrons. The van der Waals surface area contributed by atoms with Crippen LogP contribution < -0.4 is 14.8 Å². The molecule has 1 aliphatic carbocycles. The van der Waals surface area contributed by atoms with E-state index in [4.69, 9.17) is 14.2 Å². The summed E-state index contributed by atoms with van der Waals surface area (Å²) in [4.78, 5) is 16.4. The molecule has 0 bridgehead atoms.